The van der Waals surface area contributed by atoms with Crippen molar-refractivity contribution in [3.05, 3.63) is 182 Å². The van der Waals surface area contributed by atoms with Crippen LogP contribution in [0.5, 0.6) is 0 Å². The van der Waals surface area contributed by atoms with Gasteiger partial charge in [0.1, 0.15) is 0 Å². The Morgan fingerprint density at radius 2 is 0.920 bits per heavy atom. The standard InChI is InChI=1S/C48H30N2/c1-2-13-32(14-3-1)40-27-35-17-6-7-18-36(35)28-45(40)50-44-25-23-33-15-8-9-19-38(33)48(44)42-29-41-39-20-10-11-21-43(39)49(46(41)30-47(42)50)37-24-22-31-12-4-5-16-34(31)26-37/h1-30H. The van der Waals surface area contributed by atoms with Crippen molar-refractivity contribution in [2.75, 3.05) is 0 Å². The van der Waals surface area contributed by atoms with Gasteiger partial charge >= 0.3 is 0 Å². The van der Waals surface area contributed by atoms with Gasteiger partial charge in [0.15, 0.2) is 0 Å². The Morgan fingerprint density at radius 3 is 1.74 bits per heavy atom. The number of para-hydroxylation sites is 1. The van der Waals surface area contributed by atoms with E-state index in [0.29, 0.717) is 0 Å². The molecule has 0 bridgehead atoms. The number of fused-ring (bicyclic) bond motifs is 10. The maximum absolute atomic E-state index is 2.52. The van der Waals surface area contributed by atoms with E-state index in [1.165, 1.54) is 92.7 Å². The first-order valence-corrected chi connectivity index (χ1v) is 17.3. The van der Waals surface area contributed by atoms with E-state index in [1.807, 2.05) is 0 Å². The summed E-state index contributed by atoms with van der Waals surface area (Å²) in [4.78, 5) is 0. The average Bonchev–Trinajstić information content (AvgIpc) is 3.68. The summed E-state index contributed by atoms with van der Waals surface area (Å²) in [5.41, 5.74) is 9.57. The van der Waals surface area contributed by atoms with Crippen molar-refractivity contribution in [2.24, 2.45) is 0 Å². The van der Waals surface area contributed by atoms with E-state index in [9.17, 15) is 0 Å². The van der Waals surface area contributed by atoms with Crippen molar-refractivity contribution in [3.8, 4) is 22.5 Å². The first-order chi connectivity index (χ1) is 24.8. The van der Waals surface area contributed by atoms with Crippen LogP contribution in [0.15, 0.2) is 182 Å². The van der Waals surface area contributed by atoms with Gasteiger partial charge < -0.3 is 9.13 Å². The highest BCUT2D eigenvalue weighted by atomic mass is 15.0. The summed E-state index contributed by atoms with van der Waals surface area (Å²) in [5, 5.41) is 12.5. The third-order valence-electron chi connectivity index (χ3n) is 10.6. The molecular weight excluding hydrogens is 605 g/mol. The molecule has 0 atom stereocenters. The zero-order valence-corrected chi connectivity index (χ0v) is 27.2. The number of hydrogen-bond acceptors (Lipinski definition) is 0. The number of rotatable bonds is 3. The lowest BCUT2D eigenvalue weighted by Crippen LogP contribution is -1.99. The molecule has 0 radical (unpaired) electrons. The maximum Gasteiger partial charge on any atom is 0.0562 e. The van der Waals surface area contributed by atoms with Crippen LogP contribution >= 0.6 is 0 Å². The number of hydrogen-bond donors (Lipinski definition) is 0. The Hall–Kier alpha value is -6.64. The predicted octanol–water partition coefficient (Wildman–Crippen LogP) is 13.0. The van der Waals surface area contributed by atoms with E-state index >= 15 is 0 Å². The van der Waals surface area contributed by atoms with E-state index in [4.69, 9.17) is 0 Å². The van der Waals surface area contributed by atoms with Crippen LogP contribution < -0.4 is 0 Å². The molecule has 232 valence electrons. The van der Waals surface area contributed by atoms with Crippen LogP contribution in [0.4, 0.5) is 0 Å². The lowest BCUT2D eigenvalue weighted by Gasteiger charge is -2.16. The summed E-state index contributed by atoms with van der Waals surface area (Å²) in [7, 11) is 0. The van der Waals surface area contributed by atoms with E-state index in [-0.39, 0.29) is 0 Å². The molecule has 0 spiro atoms. The average molecular weight is 635 g/mol. The second-order valence-corrected chi connectivity index (χ2v) is 13.4. The van der Waals surface area contributed by atoms with Gasteiger partial charge in [-0.1, -0.05) is 133 Å². The Labute approximate surface area is 288 Å². The van der Waals surface area contributed by atoms with Crippen LogP contribution in [0.3, 0.4) is 0 Å². The van der Waals surface area contributed by atoms with Crippen LogP contribution in [0.2, 0.25) is 0 Å². The van der Waals surface area contributed by atoms with Crippen LogP contribution in [-0.2, 0) is 0 Å². The SMILES string of the molecule is c1ccc(-c2cc3ccccc3cc2-n2c3cc4c(cc3c3c5ccccc5ccc32)c2ccccc2n4-c2ccc3ccccc3c2)cc1. The second-order valence-electron chi connectivity index (χ2n) is 13.4. The smallest absolute Gasteiger partial charge is 0.0562 e. The van der Waals surface area contributed by atoms with E-state index < -0.39 is 0 Å². The molecule has 0 aliphatic carbocycles. The van der Waals surface area contributed by atoms with Gasteiger partial charge in [-0.05, 0) is 86.4 Å². The highest BCUT2D eigenvalue weighted by Gasteiger charge is 2.22. The molecular formula is C48H30N2. The molecule has 2 heteroatoms. The van der Waals surface area contributed by atoms with Gasteiger partial charge in [0.25, 0.3) is 0 Å². The number of nitrogens with zero attached hydrogens (tertiary/aromatic N) is 2. The zero-order valence-electron chi connectivity index (χ0n) is 27.2. The van der Waals surface area contributed by atoms with Gasteiger partial charge in [0.2, 0.25) is 0 Å². The topological polar surface area (TPSA) is 9.86 Å². The third kappa shape index (κ3) is 3.90. The molecule has 11 rings (SSSR count). The van der Waals surface area contributed by atoms with E-state index in [1.54, 1.807) is 0 Å². The van der Waals surface area contributed by atoms with Gasteiger partial charge in [0.05, 0.1) is 27.8 Å². The molecule has 11 aromatic rings. The predicted molar refractivity (Wildman–Crippen MR) is 213 cm³/mol. The summed E-state index contributed by atoms with van der Waals surface area (Å²) in [6, 6.07) is 66.9. The molecule has 0 unspecified atom stereocenters. The van der Waals surface area contributed by atoms with Crippen molar-refractivity contribution >= 4 is 75.9 Å². The molecule has 9 aromatic carbocycles. The van der Waals surface area contributed by atoms with Gasteiger partial charge in [0, 0.05) is 32.8 Å². The number of benzene rings is 9. The Balaban J connectivity index is 1.34. The van der Waals surface area contributed by atoms with Gasteiger partial charge in [-0.2, -0.15) is 0 Å². The highest BCUT2D eigenvalue weighted by Crippen LogP contribution is 2.44. The first-order valence-electron chi connectivity index (χ1n) is 17.3. The molecule has 2 aromatic heterocycles. The van der Waals surface area contributed by atoms with Crippen molar-refractivity contribution in [1.82, 2.24) is 9.13 Å². The monoisotopic (exact) mass is 634 g/mol. The molecule has 2 heterocycles. The van der Waals surface area contributed by atoms with Crippen molar-refractivity contribution in [2.45, 2.75) is 0 Å². The van der Waals surface area contributed by atoms with Crippen LogP contribution in [0, 0.1) is 0 Å². The molecule has 0 amide bonds. The normalized spacial score (nSPS) is 12.0. The molecule has 50 heavy (non-hydrogen) atoms. The molecule has 0 aliphatic heterocycles. The molecule has 0 N–H and O–H groups in total. The third-order valence-corrected chi connectivity index (χ3v) is 10.6. The maximum atomic E-state index is 2.52. The van der Waals surface area contributed by atoms with Crippen molar-refractivity contribution in [3.63, 3.8) is 0 Å². The summed E-state index contributed by atoms with van der Waals surface area (Å²) >= 11 is 0. The molecule has 0 saturated heterocycles. The van der Waals surface area contributed by atoms with Gasteiger partial charge in [-0.25, -0.2) is 0 Å². The minimum absolute atomic E-state index is 1.16. The minimum atomic E-state index is 1.16. The summed E-state index contributed by atoms with van der Waals surface area (Å²) < 4.78 is 4.98. The van der Waals surface area contributed by atoms with Crippen LogP contribution in [0.25, 0.3) is 98.4 Å². The fraction of sp³-hybridized carbons (Fsp3) is 0. The van der Waals surface area contributed by atoms with E-state index in [0.717, 1.165) is 5.69 Å². The van der Waals surface area contributed by atoms with Crippen molar-refractivity contribution < 1.29 is 0 Å². The van der Waals surface area contributed by atoms with Crippen LogP contribution in [0.1, 0.15) is 0 Å². The summed E-state index contributed by atoms with van der Waals surface area (Å²) in [6.45, 7) is 0. The van der Waals surface area contributed by atoms with Crippen LogP contribution in [-0.4, -0.2) is 9.13 Å². The number of aromatic nitrogens is 2. The lowest BCUT2D eigenvalue weighted by atomic mass is 9.98. The summed E-state index contributed by atoms with van der Waals surface area (Å²) in [6.07, 6.45) is 0. The largest absolute Gasteiger partial charge is 0.309 e. The fourth-order valence-electron chi connectivity index (χ4n) is 8.36. The quantitative estimate of drug-likeness (QED) is 0.183. The Morgan fingerprint density at radius 1 is 0.300 bits per heavy atom. The Kier molecular flexibility index (Phi) is 5.70. The Bertz CT molecular complexity index is 3140. The summed E-state index contributed by atoms with van der Waals surface area (Å²) in [5.74, 6) is 0. The zero-order chi connectivity index (χ0) is 32.8. The second kappa shape index (κ2) is 10.4. The fourth-order valence-corrected chi connectivity index (χ4v) is 8.36. The molecule has 0 fully saturated rings. The minimum Gasteiger partial charge on any atom is -0.309 e. The lowest BCUT2D eigenvalue weighted by molar-refractivity contribution is 1.17. The van der Waals surface area contributed by atoms with Crippen molar-refractivity contribution in [1.29, 1.82) is 0 Å². The molecule has 0 aliphatic rings. The van der Waals surface area contributed by atoms with Gasteiger partial charge in [-0.3, -0.25) is 0 Å². The van der Waals surface area contributed by atoms with E-state index in [2.05, 4.69) is 191 Å². The highest BCUT2D eigenvalue weighted by molar-refractivity contribution is 6.25. The molecule has 2 nitrogen and oxygen atoms in total. The van der Waals surface area contributed by atoms with Gasteiger partial charge in [-0.15, -0.1) is 0 Å². The molecule has 0 saturated carbocycles. The first kappa shape index (κ1) is 27.3.